The van der Waals surface area contributed by atoms with Gasteiger partial charge in [0.15, 0.2) is 0 Å². The van der Waals surface area contributed by atoms with E-state index in [9.17, 15) is 0 Å². The second-order valence-electron chi connectivity index (χ2n) is 3.53. The summed E-state index contributed by atoms with van der Waals surface area (Å²) in [4.78, 5) is 4.48. The summed E-state index contributed by atoms with van der Waals surface area (Å²) in [5.41, 5.74) is 4.82. The lowest BCUT2D eigenvalue weighted by molar-refractivity contribution is 1.13. The van der Waals surface area contributed by atoms with Crippen LogP contribution in [0.2, 0.25) is 0 Å². The van der Waals surface area contributed by atoms with E-state index in [-0.39, 0.29) is 0 Å². The van der Waals surface area contributed by atoms with Gasteiger partial charge in [0.05, 0.1) is 5.69 Å². The van der Waals surface area contributed by atoms with Crippen molar-refractivity contribution >= 4 is 11.4 Å². The Morgan fingerprint density at radius 2 is 1.80 bits per heavy atom. The molecule has 0 aromatic heterocycles. The van der Waals surface area contributed by atoms with Crippen molar-refractivity contribution in [1.82, 2.24) is 0 Å². The molecule has 0 saturated carbocycles. The summed E-state index contributed by atoms with van der Waals surface area (Å²) < 4.78 is 0. The molecule has 1 rings (SSSR count). The molecule has 0 heterocycles. The van der Waals surface area contributed by atoms with E-state index in [1.54, 1.807) is 0 Å². The van der Waals surface area contributed by atoms with Gasteiger partial charge in [0.1, 0.15) is 0 Å². The number of benzene rings is 1. The van der Waals surface area contributed by atoms with Gasteiger partial charge in [-0.1, -0.05) is 32.9 Å². The Labute approximate surface area is 94.3 Å². The molecule has 0 amide bonds. The molecule has 0 spiro atoms. The topological polar surface area (TPSA) is 12.4 Å². The third-order valence-electron chi connectivity index (χ3n) is 2.03. The summed E-state index contributed by atoms with van der Waals surface area (Å²) in [7, 11) is 0. The minimum atomic E-state index is 1.07. The van der Waals surface area contributed by atoms with E-state index >= 15 is 0 Å². The van der Waals surface area contributed by atoms with Crippen LogP contribution >= 0.6 is 0 Å². The first kappa shape index (κ1) is 13.9. The van der Waals surface area contributed by atoms with Crippen LogP contribution in [0.15, 0.2) is 23.2 Å². The van der Waals surface area contributed by atoms with E-state index in [1.807, 2.05) is 27.7 Å². The Morgan fingerprint density at radius 3 is 2.27 bits per heavy atom. The maximum absolute atomic E-state index is 4.48. The van der Waals surface area contributed by atoms with Crippen molar-refractivity contribution in [3.05, 3.63) is 29.3 Å². The Kier molecular flexibility index (Phi) is 6.68. The highest BCUT2D eigenvalue weighted by atomic mass is 14.7. The molecule has 0 unspecified atom stereocenters. The number of hydrogen-bond donors (Lipinski definition) is 0. The van der Waals surface area contributed by atoms with Gasteiger partial charge in [-0.15, -0.1) is 0 Å². The van der Waals surface area contributed by atoms with Gasteiger partial charge in [-0.3, -0.25) is 4.99 Å². The minimum Gasteiger partial charge on any atom is -0.258 e. The highest BCUT2D eigenvalue weighted by Gasteiger charge is 1.97. The van der Waals surface area contributed by atoms with Gasteiger partial charge in [0.25, 0.3) is 0 Å². The van der Waals surface area contributed by atoms with E-state index in [1.165, 1.54) is 11.1 Å². The monoisotopic (exact) mass is 205 g/mol. The van der Waals surface area contributed by atoms with E-state index < -0.39 is 0 Å². The lowest BCUT2D eigenvalue weighted by Gasteiger charge is -2.03. The minimum absolute atomic E-state index is 1.07. The number of nitrogens with zero attached hydrogens (tertiary/aromatic N) is 1. The lowest BCUT2D eigenvalue weighted by Crippen LogP contribution is -1.84. The molecule has 0 bridgehead atoms. The van der Waals surface area contributed by atoms with Gasteiger partial charge in [-0.25, -0.2) is 0 Å². The van der Waals surface area contributed by atoms with Gasteiger partial charge >= 0.3 is 0 Å². The average Bonchev–Trinajstić information content (AvgIpc) is 2.23. The molecule has 0 N–H and O–H groups in total. The smallest absolute Gasteiger partial charge is 0.0660 e. The number of hydrogen-bond acceptors (Lipinski definition) is 1. The Balaban J connectivity index is 0.000000921. The van der Waals surface area contributed by atoms with Crippen LogP contribution in [0, 0.1) is 6.92 Å². The van der Waals surface area contributed by atoms with Gasteiger partial charge < -0.3 is 0 Å². The van der Waals surface area contributed by atoms with Crippen LogP contribution in [0.1, 0.15) is 45.7 Å². The maximum atomic E-state index is 4.48. The summed E-state index contributed by atoms with van der Waals surface area (Å²) in [6.07, 6.45) is 1.07. The van der Waals surface area contributed by atoms with Gasteiger partial charge in [0, 0.05) is 5.71 Å². The number of aryl methyl sites for hydroxylation is 2. The summed E-state index contributed by atoms with van der Waals surface area (Å²) >= 11 is 0. The molecule has 1 aromatic rings. The third kappa shape index (κ3) is 4.78. The molecule has 0 radical (unpaired) electrons. The van der Waals surface area contributed by atoms with Crippen LogP contribution in [0.3, 0.4) is 0 Å². The van der Waals surface area contributed by atoms with E-state index in [4.69, 9.17) is 0 Å². The second-order valence-corrected chi connectivity index (χ2v) is 3.53. The molecule has 1 heteroatoms. The third-order valence-corrected chi connectivity index (χ3v) is 2.03. The molecule has 0 aliphatic rings. The Hall–Kier alpha value is -1.11. The van der Waals surface area contributed by atoms with Crippen molar-refractivity contribution in [3.63, 3.8) is 0 Å². The summed E-state index contributed by atoms with van der Waals surface area (Å²) in [5, 5.41) is 0. The second kappa shape index (κ2) is 7.22. The molecule has 84 valence electrons. The first-order valence-electron chi connectivity index (χ1n) is 5.75. The molecule has 1 aromatic carbocycles. The quantitative estimate of drug-likeness (QED) is 0.621. The fourth-order valence-corrected chi connectivity index (χ4v) is 1.24. The Bertz CT molecular complexity index is 320. The van der Waals surface area contributed by atoms with E-state index in [0.29, 0.717) is 0 Å². The zero-order chi connectivity index (χ0) is 11.8. The number of aliphatic imine (C=N–C) groups is 1. The largest absolute Gasteiger partial charge is 0.258 e. The van der Waals surface area contributed by atoms with E-state index in [2.05, 4.69) is 37.0 Å². The molecule has 0 aliphatic heterocycles. The maximum Gasteiger partial charge on any atom is 0.0660 e. The zero-order valence-electron chi connectivity index (χ0n) is 10.9. The van der Waals surface area contributed by atoms with Gasteiger partial charge in [-0.2, -0.15) is 0 Å². The van der Waals surface area contributed by atoms with Gasteiger partial charge in [0.2, 0.25) is 0 Å². The van der Waals surface area contributed by atoms with Crippen molar-refractivity contribution in [2.75, 3.05) is 0 Å². The lowest BCUT2D eigenvalue weighted by atomic mass is 10.1. The molecule has 0 aliphatic carbocycles. The van der Waals surface area contributed by atoms with Crippen molar-refractivity contribution in [3.8, 4) is 0 Å². The summed E-state index contributed by atoms with van der Waals surface area (Å²) in [6.45, 7) is 12.3. The SMILES string of the molecule is CC.CCc1ccc(C)c(N=C(C)C)c1. The van der Waals surface area contributed by atoms with Crippen LogP contribution in [0.5, 0.6) is 0 Å². The highest BCUT2D eigenvalue weighted by molar-refractivity contribution is 5.82. The molecule has 0 saturated heterocycles. The molecule has 0 fully saturated rings. The van der Waals surface area contributed by atoms with Crippen LogP contribution in [-0.2, 0) is 6.42 Å². The predicted octanol–water partition coefficient (Wildman–Crippen LogP) is 4.70. The predicted molar refractivity (Wildman–Crippen MR) is 70.3 cm³/mol. The average molecular weight is 205 g/mol. The van der Waals surface area contributed by atoms with Gasteiger partial charge in [-0.05, 0) is 44.4 Å². The first-order chi connectivity index (χ1) is 7.13. The van der Waals surface area contributed by atoms with Crippen LogP contribution < -0.4 is 0 Å². The molecule has 15 heavy (non-hydrogen) atoms. The summed E-state index contributed by atoms with van der Waals surface area (Å²) in [5.74, 6) is 0. The van der Waals surface area contributed by atoms with Crippen LogP contribution in [-0.4, -0.2) is 5.71 Å². The summed E-state index contributed by atoms with van der Waals surface area (Å²) in [6, 6.07) is 6.47. The normalized spacial score (nSPS) is 8.93. The first-order valence-corrected chi connectivity index (χ1v) is 5.75. The standard InChI is InChI=1S/C12H17N.C2H6/c1-5-11-7-6-10(4)12(8-11)13-9(2)3;1-2/h6-8H,5H2,1-4H3;1-2H3. The van der Waals surface area contributed by atoms with Crippen molar-refractivity contribution in [1.29, 1.82) is 0 Å². The van der Waals surface area contributed by atoms with E-state index in [0.717, 1.165) is 17.8 Å². The van der Waals surface area contributed by atoms with Crippen LogP contribution in [0.25, 0.3) is 0 Å². The van der Waals surface area contributed by atoms with Crippen molar-refractivity contribution in [2.45, 2.75) is 48.0 Å². The molecular formula is C14H23N. The molecule has 1 nitrogen and oxygen atoms in total. The fourth-order valence-electron chi connectivity index (χ4n) is 1.24. The number of rotatable bonds is 2. The molecule has 0 atom stereocenters. The fraction of sp³-hybridized carbons (Fsp3) is 0.500. The molecular weight excluding hydrogens is 182 g/mol. The van der Waals surface area contributed by atoms with Crippen molar-refractivity contribution in [2.24, 2.45) is 4.99 Å². The van der Waals surface area contributed by atoms with Crippen LogP contribution in [0.4, 0.5) is 5.69 Å². The van der Waals surface area contributed by atoms with Crippen molar-refractivity contribution < 1.29 is 0 Å². The Morgan fingerprint density at radius 1 is 1.20 bits per heavy atom. The zero-order valence-corrected chi connectivity index (χ0v) is 10.9. The highest BCUT2D eigenvalue weighted by Crippen LogP contribution is 2.20.